The maximum atomic E-state index is 13.0. The summed E-state index contributed by atoms with van der Waals surface area (Å²) in [5, 5.41) is 3.57. The number of benzene rings is 1. The van der Waals surface area contributed by atoms with Crippen LogP contribution in [0.3, 0.4) is 0 Å². The second kappa shape index (κ2) is 7.23. The Morgan fingerprint density at radius 3 is 2.52 bits per heavy atom. The minimum Gasteiger partial charge on any atom is -0.369 e. The van der Waals surface area contributed by atoms with E-state index in [9.17, 15) is 4.39 Å². The van der Waals surface area contributed by atoms with Gasteiger partial charge in [-0.1, -0.05) is 0 Å². The Bertz CT molecular complexity index is 420. The number of piperazine rings is 1. The first-order chi connectivity index (χ1) is 10.3. The van der Waals surface area contributed by atoms with E-state index in [0.29, 0.717) is 0 Å². The van der Waals surface area contributed by atoms with Crippen LogP contribution < -0.4 is 10.2 Å². The molecule has 2 heterocycles. The maximum absolute atomic E-state index is 13.0. The first-order valence-electron chi connectivity index (χ1n) is 8.27. The second-order valence-electron chi connectivity index (χ2n) is 6.24. The molecule has 2 aliphatic heterocycles. The molecule has 0 radical (unpaired) electrons. The lowest BCUT2D eigenvalue weighted by atomic mass is 10.1. The van der Waals surface area contributed by atoms with E-state index in [0.717, 1.165) is 37.9 Å². The number of anilines is 1. The molecule has 0 aliphatic carbocycles. The SMILES string of the molecule is Fc1ccc(N2CCN(CCCC3CCCN3)CC2)cc1. The van der Waals surface area contributed by atoms with Gasteiger partial charge in [0, 0.05) is 37.9 Å². The van der Waals surface area contributed by atoms with Crippen LogP contribution in [0.1, 0.15) is 25.7 Å². The van der Waals surface area contributed by atoms with Crippen LogP contribution >= 0.6 is 0 Å². The molecule has 0 aromatic heterocycles. The predicted molar refractivity (Wildman–Crippen MR) is 85.3 cm³/mol. The fraction of sp³-hybridized carbons (Fsp3) is 0.647. The zero-order chi connectivity index (χ0) is 14.5. The Morgan fingerprint density at radius 2 is 1.86 bits per heavy atom. The van der Waals surface area contributed by atoms with Crippen molar-refractivity contribution in [2.75, 3.05) is 44.2 Å². The zero-order valence-corrected chi connectivity index (χ0v) is 12.7. The lowest BCUT2D eigenvalue weighted by molar-refractivity contribution is 0.249. The van der Waals surface area contributed by atoms with E-state index in [1.165, 1.54) is 38.8 Å². The van der Waals surface area contributed by atoms with Crippen LogP contribution in [-0.2, 0) is 0 Å². The molecule has 1 unspecified atom stereocenters. The summed E-state index contributed by atoms with van der Waals surface area (Å²) in [6, 6.07) is 7.64. The van der Waals surface area contributed by atoms with Crippen LogP contribution in [0.2, 0.25) is 0 Å². The number of rotatable bonds is 5. The first kappa shape index (κ1) is 14.8. The number of nitrogens with one attached hydrogen (secondary N) is 1. The van der Waals surface area contributed by atoms with Gasteiger partial charge in [-0.15, -0.1) is 0 Å². The molecule has 1 atom stereocenters. The highest BCUT2D eigenvalue weighted by Gasteiger charge is 2.18. The van der Waals surface area contributed by atoms with E-state index in [-0.39, 0.29) is 5.82 Å². The summed E-state index contributed by atoms with van der Waals surface area (Å²) >= 11 is 0. The molecule has 4 heteroatoms. The summed E-state index contributed by atoms with van der Waals surface area (Å²) in [5.74, 6) is -0.155. The number of hydrogen-bond acceptors (Lipinski definition) is 3. The van der Waals surface area contributed by atoms with Gasteiger partial charge in [0.1, 0.15) is 5.82 Å². The van der Waals surface area contributed by atoms with Gasteiger partial charge in [0.05, 0.1) is 0 Å². The molecule has 0 spiro atoms. The van der Waals surface area contributed by atoms with Gasteiger partial charge in [-0.3, -0.25) is 4.90 Å². The standard InChI is InChI=1S/C17H26FN3/c18-15-5-7-17(8-6-15)21-13-11-20(12-14-21)10-2-4-16-3-1-9-19-16/h5-8,16,19H,1-4,9-14H2. The van der Waals surface area contributed by atoms with Gasteiger partial charge in [0.2, 0.25) is 0 Å². The van der Waals surface area contributed by atoms with E-state index >= 15 is 0 Å². The quantitative estimate of drug-likeness (QED) is 0.899. The van der Waals surface area contributed by atoms with Crippen LogP contribution in [0.4, 0.5) is 10.1 Å². The zero-order valence-electron chi connectivity index (χ0n) is 12.7. The van der Waals surface area contributed by atoms with Gasteiger partial charge in [0.25, 0.3) is 0 Å². The third kappa shape index (κ3) is 4.17. The third-order valence-electron chi connectivity index (χ3n) is 4.75. The van der Waals surface area contributed by atoms with Crippen molar-refractivity contribution in [1.82, 2.24) is 10.2 Å². The van der Waals surface area contributed by atoms with Gasteiger partial charge in [-0.25, -0.2) is 4.39 Å². The Labute approximate surface area is 127 Å². The number of nitrogens with zero attached hydrogens (tertiary/aromatic N) is 2. The average Bonchev–Trinajstić information content (AvgIpc) is 3.02. The topological polar surface area (TPSA) is 18.5 Å². The van der Waals surface area contributed by atoms with Crippen molar-refractivity contribution in [2.24, 2.45) is 0 Å². The second-order valence-corrected chi connectivity index (χ2v) is 6.24. The number of halogens is 1. The third-order valence-corrected chi connectivity index (χ3v) is 4.75. The van der Waals surface area contributed by atoms with Gasteiger partial charge in [-0.05, 0) is 63.0 Å². The lowest BCUT2D eigenvalue weighted by Crippen LogP contribution is -2.46. The Kier molecular flexibility index (Phi) is 5.09. The van der Waals surface area contributed by atoms with E-state index in [1.807, 2.05) is 12.1 Å². The molecule has 2 aliphatic rings. The van der Waals surface area contributed by atoms with Crippen LogP contribution in [0.5, 0.6) is 0 Å². The van der Waals surface area contributed by atoms with Crippen LogP contribution in [0.25, 0.3) is 0 Å². The van der Waals surface area contributed by atoms with Crippen molar-refractivity contribution in [3.05, 3.63) is 30.1 Å². The molecule has 3 nitrogen and oxygen atoms in total. The van der Waals surface area contributed by atoms with Gasteiger partial charge < -0.3 is 10.2 Å². The molecule has 3 rings (SSSR count). The smallest absolute Gasteiger partial charge is 0.123 e. The van der Waals surface area contributed by atoms with Gasteiger partial charge in [-0.2, -0.15) is 0 Å². The predicted octanol–water partition coefficient (Wildman–Crippen LogP) is 2.48. The highest BCUT2D eigenvalue weighted by atomic mass is 19.1. The lowest BCUT2D eigenvalue weighted by Gasteiger charge is -2.36. The largest absolute Gasteiger partial charge is 0.369 e. The summed E-state index contributed by atoms with van der Waals surface area (Å²) in [6.45, 7) is 6.77. The molecule has 1 aromatic carbocycles. The van der Waals surface area contributed by atoms with Gasteiger partial charge in [0.15, 0.2) is 0 Å². The molecular formula is C17H26FN3. The Hall–Kier alpha value is -1.13. The highest BCUT2D eigenvalue weighted by molar-refractivity contribution is 5.46. The van der Waals surface area contributed by atoms with Crippen molar-refractivity contribution in [2.45, 2.75) is 31.7 Å². The molecular weight excluding hydrogens is 265 g/mol. The fourth-order valence-electron chi connectivity index (χ4n) is 3.45. The molecule has 1 N–H and O–H groups in total. The highest BCUT2D eigenvalue weighted by Crippen LogP contribution is 2.17. The minimum atomic E-state index is -0.155. The Morgan fingerprint density at radius 1 is 1.10 bits per heavy atom. The van der Waals surface area contributed by atoms with E-state index in [2.05, 4.69) is 15.1 Å². The normalized spacial score (nSPS) is 23.7. The Balaban J connectivity index is 1.37. The maximum Gasteiger partial charge on any atom is 0.123 e. The molecule has 21 heavy (non-hydrogen) atoms. The van der Waals surface area contributed by atoms with Gasteiger partial charge >= 0.3 is 0 Å². The molecule has 0 saturated carbocycles. The molecule has 2 fully saturated rings. The molecule has 116 valence electrons. The van der Waals surface area contributed by atoms with Crippen molar-refractivity contribution in [3.63, 3.8) is 0 Å². The number of hydrogen-bond donors (Lipinski definition) is 1. The summed E-state index contributed by atoms with van der Waals surface area (Å²) in [5.41, 5.74) is 1.14. The van der Waals surface area contributed by atoms with Crippen molar-refractivity contribution >= 4 is 5.69 Å². The van der Waals surface area contributed by atoms with Crippen LogP contribution in [-0.4, -0.2) is 50.2 Å². The minimum absolute atomic E-state index is 0.155. The first-order valence-corrected chi connectivity index (χ1v) is 8.27. The molecule has 2 saturated heterocycles. The van der Waals surface area contributed by atoms with E-state index in [4.69, 9.17) is 0 Å². The van der Waals surface area contributed by atoms with E-state index < -0.39 is 0 Å². The van der Waals surface area contributed by atoms with Crippen molar-refractivity contribution < 1.29 is 4.39 Å². The summed E-state index contributed by atoms with van der Waals surface area (Å²) in [7, 11) is 0. The fourth-order valence-corrected chi connectivity index (χ4v) is 3.45. The van der Waals surface area contributed by atoms with Crippen molar-refractivity contribution in [3.8, 4) is 0 Å². The van der Waals surface area contributed by atoms with Crippen LogP contribution in [0, 0.1) is 5.82 Å². The van der Waals surface area contributed by atoms with Crippen LogP contribution in [0.15, 0.2) is 24.3 Å². The molecule has 0 bridgehead atoms. The monoisotopic (exact) mass is 291 g/mol. The molecule has 1 aromatic rings. The van der Waals surface area contributed by atoms with E-state index in [1.54, 1.807) is 12.1 Å². The van der Waals surface area contributed by atoms with Crippen molar-refractivity contribution in [1.29, 1.82) is 0 Å². The summed E-state index contributed by atoms with van der Waals surface area (Å²) < 4.78 is 13.0. The average molecular weight is 291 g/mol. The summed E-state index contributed by atoms with van der Waals surface area (Å²) in [6.07, 6.45) is 5.33. The molecule has 0 amide bonds. The summed E-state index contributed by atoms with van der Waals surface area (Å²) in [4.78, 5) is 4.92.